The number of aliphatic hydroxyl groups is 3. The van der Waals surface area contributed by atoms with Crippen LogP contribution in [-0.4, -0.2) is 60.8 Å². The Balaban J connectivity index is 0.000000157. The molecule has 3 heterocycles. The van der Waals surface area contributed by atoms with Crippen LogP contribution in [0.2, 0.25) is 0 Å². The zero-order valence-corrected chi connectivity index (χ0v) is 14.7. The smallest absolute Gasteiger partial charge is 0.140 e. The Hall–Kier alpha value is -1.54. The lowest BCUT2D eigenvalue weighted by atomic mass is 9.93. The van der Waals surface area contributed by atoms with Crippen LogP contribution in [0.5, 0.6) is 0 Å². The predicted molar refractivity (Wildman–Crippen MR) is 92.9 cm³/mol. The molecule has 0 radical (unpaired) electrons. The van der Waals surface area contributed by atoms with Crippen LogP contribution in [0.15, 0.2) is 18.6 Å². The van der Waals surface area contributed by atoms with Crippen LogP contribution in [0, 0.1) is 12.8 Å². The fraction of sp³-hybridized carbons (Fsp3) is 0.667. The fourth-order valence-corrected chi connectivity index (χ4v) is 3.73. The number of rotatable bonds is 2. The van der Waals surface area contributed by atoms with E-state index < -0.39 is 24.4 Å². The van der Waals surface area contributed by atoms with E-state index in [4.69, 9.17) is 4.74 Å². The summed E-state index contributed by atoms with van der Waals surface area (Å²) in [7, 11) is 0. The van der Waals surface area contributed by atoms with Crippen LogP contribution in [0.3, 0.4) is 0 Å². The molecule has 2 fully saturated rings. The lowest BCUT2D eigenvalue weighted by molar-refractivity contribution is -0.0823. The van der Waals surface area contributed by atoms with E-state index in [1.165, 1.54) is 0 Å². The molecule has 1 aliphatic carbocycles. The first-order valence-electron chi connectivity index (χ1n) is 8.93. The predicted octanol–water partition coefficient (Wildman–Crippen LogP) is 1.31. The van der Waals surface area contributed by atoms with E-state index in [1.54, 1.807) is 13.3 Å². The van der Waals surface area contributed by atoms with E-state index in [0.29, 0.717) is 0 Å². The van der Waals surface area contributed by atoms with Gasteiger partial charge >= 0.3 is 0 Å². The molecule has 25 heavy (non-hydrogen) atoms. The number of aromatic nitrogens is 3. The van der Waals surface area contributed by atoms with Gasteiger partial charge in [0.05, 0.1) is 17.9 Å². The van der Waals surface area contributed by atoms with E-state index in [1.807, 2.05) is 19.2 Å². The maximum absolute atomic E-state index is 10.1. The van der Waals surface area contributed by atoms with Gasteiger partial charge in [-0.15, -0.1) is 0 Å². The third kappa shape index (κ3) is 3.84. The molecule has 0 bridgehead atoms. The van der Waals surface area contributed by atoms with Crippen LogP contribution >= 0.6 is 0 Å². The lowest BCUT2D eigenvalue weighted by Gasteiger charge is -2.25. The third-order valence-electron chi connectivity index (χ3n) is 5.31. The van der Waals surface area contributed by atoms with Gasteiger partial charge in [0.25, 0.3) is 0 Å². The molecule has 7 heteroatoms. The molecule has 5 atom stereocenters. The van der Waals surface area contributed by atoms with Gasteiger partial charge in [-0.05, 0) is 38.7 Å². The van der Waals surface area contributed by atoms with E-state index in [2.05, 4.69) is 15.0 Å². The van der Waals surface area contributed by atoms with Gasteiger partial charge in [-0.3, -0.25) is 0 Å². The molecule has 2 aliphatic rings. The SMILES string of the molecule is C[C@@H]1O[C@H]([C@@H](O)C2CCCC2)[C@@H](O)[C@H]1O.Cc1ncnc2[nH]ccc12. The first-order valence-corrected chi connectivity index (χ1v) is 8.93. The number of H-pyrrole nitrogens is 1. The molecule has 0 spiro atoms. The largest absolute Gasteiger partial charge is 0.390 e. The molecule has 2 aromatic rings. The van der Waals surface area contributed by atoms with Crippen LogP contribution in [-0.2, 0) is 4.74 Å². The number of ether oxygens (including phenoxy) is 1. The monoisotopic (exact) mass is 349 g/mol. The van der Waals surface area contributed by atoms with E-state index in [9.17, 15) is 15.3 Å². The van der Waals surface area contributed by atoms with Crippen molar-refractivity contribution in [2.75, 3.05) is 0 Å². The van der Waals surface area contributed by atoms with Crippen LogP contribution < -0.4 is 0 Å². The van der Waals surface area contributed by atoms with Gasteiger partial charge in [-0.25, -0.2) is 9.97 Å². The summed E-state index contributed by atoms with van der Waals surface area (Å²) in [5, 5.41) is 30.4. The second kappa shape index (κ2) is 7.78. The summed E-state index contributed by atoms with van der Waals surface area (Å²) in [6.45, 7) is 3.69. The summed E-state index contributed by atoms with van der Waals surface area (Å²) in [4.78, 5) is 11.1. The number of nitrogens with one attached hydrogen (secondary N) is 1. The van der Waals surface area contributed by atoms with E-state index in [0.717, 1.165) is 42.4 Å². The van der Waals surface area contributed by atoms with Gasteiger partial charge in [-0.1, -0.05) is 12.8 Å². The fourth-order valence-electron chi connectivity index (χ4n) is 3.73. The summed E-state index contributed by atoms with van der Waals surface area (Å²) < 4.78 is 5.41. The summed E-state index contributed by atoms with van der Waals surface area (Å²) in [5.41, 5.74) is 1.93. The van der Waals surface area contributed by atoms with Crippen molar-refractivity contribution in [2.45, 2.75) is 70.1 Å². The molecular formula is C18H27N3O4. The molecule has 138 valence electrons. The minimum atomic E-state index is -0.949. The number of hydrogen-bond acceptors (Lipinski definition) is 6. The van der Waals surface area contributed by atoms with Crippen molar-refractivity contribution in [3.63, 3.8) is 0 Å². The molecule has 4 N–H and O–H groups in total. The van der Waals surface area contributed by atoms with Crippen LogP contribution in [0.4, 0.5) is 0 Å². The van der Waals surface area contributed by atoms with Gasteiger partial charge < -0.3 is 25.0 Å². The number of fused-ring (bicyclic) bond motifs is 1. The molecule has 1 saturated carbocycles. The molecule has 0 amide bonds. The molecule has 7 nitrogen and oxygen atoms in total. The molecular weight excluding hydrogens is 322 g/mol. The maximum atomic E-state index is 10.1. The van der Waals surface area contributed by atoms with Gasteiger partial charge in [0.1, 0.15) is 30.3 Å². The van der Waals surface area contributed by atoms with E-state index in [-0.39, 0.29) is 12.0 Å². The number of aliphatic hydroxyl groups excluding tert-OH is 3. The number of nitrogens with zero attached hydrogens (tertiary/aromatic N) is 2. The molecule has 1 saturated heterocycles. The summed E-state index contributed by atoms with van der Waals surface area (Å²) in [6, 6.07) is 1.98. The molecule has 0 unspecified atom stereocenters. The number of aromatic amines is 1. The Bertz CT molecular complexity index is 686. The van der Waals surface area contributed by atoms with Crippen molar-refractivity contribution < 1.29 is 20.1 Å². The number of aryl methyl sites for hydroxylation is 1. The highest BCUT2D eigenvalue weighted by Crippen LogP contribution is 2.34. The normalized spacial score (nSPS) is 31.1. The summed E-state index contributed by atoms with van der Waals surface area (Å²) in [5.74, 6) is 0.224. The zero-order valence-electron chi connectivity index (χ0n) is 14.7. The highest BCUT2D eigenvalue weighted by molar-refractivity contribution is 5.77. The Morgan fingerprint density at radius 1 is 1.20 bits per heavy atom. The molecule has 4 rings (SSSR count). The van der Waals surface area contributed by atoms with Gasteiger partial charge in [0, 0.05) is 11.6 Å². The Morgan fingerprint density at radius 2 is 1.92 bits per heavy atom. The Morgan fingerprint density at radius 3 is 2.52 bits per heavy atom. The molecule has 1 aliphatic heterocycles. The van der Waals surface area contributed by atoms with Crippen molar-refractivity contribution >= 4 is 11.0 Å². The topological polar surface area (TPSA) is 111 Å². The second-order valence-electron chi connectivity index (χ2n) is 7.02. The molecule has 2 aromatic heterocycles. The van der Waals surface area contributed by atoms with Gasteiger partial charge in [0.15, 0.2) is 0 Å². The van der Waals surface area contributed by atoms with Crippen molar-refractivity contribution in [3.8, 4) is 0 Å². The first kappa shape index (κ1) is 18.3. The minimum Gasteiger partial charge on any atom is -0.390 e. The van der Waals surface area contributed by atoms with E-state index >= 15 is 0 Å². The third-order valence-corrected chi connectivity index (χ3v) is 5.31. The Labute approximate surface area is 147 Å². The highest BCUT2D eigenvalue weighted by atomic mass is 16.6. The lowest BCUT2D eigenvalue weighted by Crippen LogP contribution is -2.41. The average Bonchev–Trinajstić information content (AvgIpc) is 3.33. The number of hydrogen-bond donors (Lipinski definition) is 4. The average molecular weight is 349 g/mol. The Kier molecular flexibility index (Phi) is 5.68. The zero-order chi connectivity index (χ0) is 18.0. The van der Waals surface area contributed by atoms with Crippen LogP contribution in [0.25, 0.3) is 11.0 Å². The first-order chi connectivity index (χ1) is 12.0. The van der Waals surface area contributed by atoms with Crippen molar-refractivity contribution in [1.82, 2.24) is 15.0 Å². The van der Waals surface area contributed by atoms with Gasteiger partial charge in [-0.2, -0.15) is 0 Å². The maximum Gasteiger partial charge on any atom is 0.140 e. The summed E-state index contributed by atoms with van der Waals surface area (Å²) in [6.07, 6.45) is 4.25. The van der Waals surface area contributed by atoms with Gasteiger partial charge in [0.2, 0.25) is 0 Å². The van der Waals surface area contributed by atoms with Crippen LogP contribution in [0.1, 0.15) is 38.3 Å². The standard InChI is InChI=1S/C11H20O4.C7H7N3/c1-6-8(12)10(14)11(15-6)9(13)7-4-2-3-5-7;1-5-6-2-3-8-7(6)10-4-9-5/h6-14H,2-5H2,1H3;2-4H,1H3,(H,8,9,10)/t6-,8-,9-,10-,11+;/m0./s1. The summed E-state index contributed by atoms with van der Waals surface area (Å²) >= 11 is 0. The van der Waals surface area contributed by atoms with Crippen molar-refractivity contribution in [3.05, 3.63) is 24.3 Å². The quantitative estimate of drug-likeness (QED) is 0.650. The van der Waals surface area contributed by atoms with Crippen molar-refractivity contribution in [2.24, 2.45) is 5.92 Å². The minimum absolute atomic E-state index is 0.224. The van der Waals surface area contributed by atoms with Crippen molar-refractivity contribution in [1.29, 1.82) is 0 Å². The highest BCUT2D eigenvalue weighted by Gasteiger charge is 2.46. The second-order valence-corrected chi connectivity index (χ2v) is 7.02. The molecule has 0 aromatic carbocycles.